The first-order chi connectivity index (χ1) is 9.99. The summed E-state index contributed by atoms with van der Waals surface area (Å²) >= 11 is 0. The normalized spacial score (nSPS) is 9.95. The molecule has 1 aromatic carbocycles. The zero-order valence-electron chi connectivity index (χ0n) is 11.1. The van der Waals surface area contributed by atoms with Crippen molar-refractivity contribution in [2.75, 3.05) is 0 Å². The minimum absolute atomic E-state index is 0.293. The molecule has 21 heavy (non-hydrogen) atoms. The Kier molecular flexibility index (Phi) is 4.03. The summed E-state index contributed by atoms with van der Waals surface area (Å²) in [5, 5.41) is 12.9. The summed E-state index contributed by atoms with van der Waals surface area (Å²) < 4.78 is 0. The SMILES string of the molecule is Cc1cccc(C(=O)NC(=O)c2ncccc2[N+](=O)[O-])c1. The van der Waals surface area contributed by atoms with Gasteiger partial charge in [-0.1, -0.05) is 17.7 Å². The average Bonchev–Trinajstić information content (AvgIpc) is 2.47. The zero-order valence-corrected chi connectivity index (χ0v) is 11.1. The molecule has 106 valence electrons. The van der Waals surface area contributed by atoms with Crippen LogP contribution in [-0.2, 0) is 0 Å². The summed E-state index contributed by atoms with van der Waals surface area (Å²) in [5.41, 5.74) is 0.302. The molecule has 2 rings (SSSR count). The van der Waals surface area contributed by atoms with E-state index in [1.165, 1.54) is 12.3 Å². The van der Waals surface area contributed by atoms with E-state index in [0.29, 0.717) is 5.56 Å². The van der Waals surface area contributed by atoms with E-state index in [9.17, 15) is 19.7 Å². The number of carbonyl (C=O) groups is 2. The lowest BCUT2D eigenvalue weighted by molar-refractivity contribution is -0.385. The van der Waals surface area contributed by atoms with Crippen molar-refractivity contribution in [1.82, 2.24) is 10.3 Å². The molecule has 0 aliphatic carbocycles. The summed E-state index contributed by atoms with van der Waals surface area (Å²) in [4.78, 5) is 37.6. The maximum atomic E-state index is 11.9. The number of nitrogens with zero attached hydrogens (tertiary/aromatic N) is 2. The van der Waals surface area contributed by atoms with Gasteiger partial charge >= 0.3 is 5.69 Å². The van der Waals surface area contributed by atoms with Gasteiger partial charge in [-0.2, -0.15) is 0 Å². The number of hydrogen-bond acceptors (Lipinski definition) is 5. The van der Waals surface area contributed by atoms with Crippen LogP contribution in [0.15, 0.2) is 42.6 Å². The number of amides is 2. The highest BCUT2D eigenvalue weighted by atomic mass is 16.6. The summed E-state index contributed by atoms with van der Waals surface area (Å²) in [6, 6.07) is 9.13. The van der Waals surface area contributed by atoms with Crippen molar-refractivity contribution in [2.45, 2.75) is 6.92 Å². The molecule has 0 saturated heterocycles. The molecular weight excluding hydrogens is 274 g/mol. The van der Waals surface area contributed by atoms with E-state index in [1.807, 2.05) is 13.0 Å². The Hall–Kier alpha value is -3.09. The van der Waals surface area contributed by atoms with Gasteiger partial charge in [0.05, 0.1) is 4.92 Å². The minimum Gasteiger partial charge on any atom is -0.287 e. The van der Waals surface area contributed by atoms with Gasteiger partial charge in [0.25, 0.3) is 11.8 Å². The molecule has 0 saturated carbocycles. The molecule has 1 heterocycles. The van der Waals surface area contributed by atoms with Crippen molar-refractivity contribution in [2.24, 2.45) is 0 Å². The second-order valence-corrected chi connectivity index (χ2v) is 4.28. The van der Waals surface area contributed by atoms with Crippen LogP contribution >= 0.6 is 0 Å². The third kappa shape index (κ3) is 3.27. The fraction of sp³-hybridized carbons (Fsp3) is 0.0714. The van der Waals surface area contributed by atoms with Crippen LogP contribution in [0.25, 0.3) is 0 Å². The predicted molar refractivity (Wildman–Crippen MR) is 73.9 cm³/mol. The highest BCUT2D eigenvalue weighted by Crippen LogP contribution is 2.15. The smallest absolute Gasteiger partial charge is 0.287 e. The lowest BCUT2D eigenvalue weighted by atomic mass is 10.1. The Morgan fingerprint density at radius 2 is 1.95 bits per heavy atom. The van der Waals surface area contributed by atoms with Gasteiger partial charge in [0, 0.05) is 17.8 Å². The lowest BCUT2D eigenvalue weighted by Crippen LogP contribution is -2.31. The molecule has 0 atom stereocenters. The van der Waals surface area contributed by atoms with Crippen LogP contribution in [0.3, 0.4) is 0 Å². The van der Waals surface area contributed by atoms with Crippen molar-refractivity contribution in [3.63, 3.8) is 0 Å². The quantitative estimate of drug-likeness (QED) is 0.527. The van der Waals surface area contributed by atoms with Crippen molar-refractivity contribution in [3.8, 4) is 0 Å². The van der Waals surface area contributed by atoms with Gasteiger partial charge < -0.3 is 0 Å². The molecule has 1 N–H and O–H groups in total. The number of aryl methyl sites for hydroxylation is 1. The van der Waals surface area contributed by atoms with Crippen LogP contribution in [0.2, 0.25) is 0 Å². The third-order valence-electron chi connectivity index (χ3n) is 2.71. The Morgan fingerprint density at radius 1 is 1.19 bits per heavy atom. The van der Waals surface area contributed by atoms with Crippen LogP contribution in [0.1, 0.15) is 26.4 Å². The summed E-state index contributed by atoms with van der Waals surface area (Å²) in [5.74, 6) is -1.54. The molecule has 0 radical (unpaired) electrons. The average molecular weight is 285 g/mol. The number of carbonyl (C=O) groups excluding carboxylic acids is 2. The fourth-order valence-electron chi connectivity index (χ4n) is 1.74. The number of hydrogen-bond donors (Lipinski definition) is 1. The largest absolute Gasteiger partial charge is 0.300 e. The van der Waals surface area contributed by atoms with Gasteiger partial charge in [0.2, 0.25) is 5.69 Å². The number of rotatable bonds is 3. The molecule has 0 aliphatic heterocycles. The van der Waals surface area contributed by atoms with E-state index < -0.39 is 28.1 Å². The van der Waals surface area contributed by atoms with Crippen LogP contribution in [0.5, 0.6) is 0 Å². The first kappa shape index (κ1) is 14.3. The van der Waals surface area contributed by atoms with Crippen molar-refractivity contribution in [3.05, 3.63) is 69.5 Å². The molecule has 1 aromatic heterocycles. The highest BCUT2D eigenvalue weighted by molar-refractivity contribution is 6.10. The van der Waals surface area contributed by atoms with Crippen LogP contribution < -0.4 is 5.32 Å². The fourth-order valence-corrected chi connectivity index (χ4v) is 1.74. The van der Waals surface area contributed by atoms with Gasteiger partial charge in [-0.3, -0.25) is 25.0 Å². The molecular formula is C14H11N3O4. The molecule has 0 fully saturated rings. The van der Waals surface area contributed by atoms with E-state index in [4.69, 9.17) is 0 Å². The van der Waals surface area contributed by atoms with Gasteiger partial charge in [0.1, 0.15) is 0 Å². The van der Waals surface area contributed by atoms with Crippen molar-refractivity contribution in [1.29, 1.82) is 0 Å². The molecule has 0 unspecified atom stereocenters. The lowest BCUT2D eigenvalue weighted by Gasteiger charge is -2.04. The number of nitro groups is 1. The maximum absolute atomic E-state index is 11.9. The standard InChI is InChI=1S/C14H11N3O4/c1-9-4-2-5-10(8-9)13(18)16-14(19)12-11(17(20)21)6-3-7-15-12/h2-8H,1H3,(H,16,18,19). The summed E-state index contributed by atoms with van der Waals surface area (Å²) in [7, 11) is 0. The monoisotopic (exact) mass is 285 g/mol. The topological polar surface area (TPSA) is 102 Å². The predicted octanol–water partition coefficient (Wildman–Crippen LogP) is 1.87. The second-order valence-electron chi connectivity index (χ2n) is 4.28. The molecule has 2 aromatic rings. The van der Waals surface area contributed by atoms with E-state index in [0.717, 1.165) is 11.6 Å². The summed E-state index contributed by atoms with van der Waals surface area (Å²) in [6.07, 6.45) is 1.25. The van der Waals surface area contributed by atoms with Crippen molar-refractivity contribution >= 4 is 17.5 Å². The molecule has 7 nitrogen and oxygen atoms in total. The van der Waals surface area contributed by atoms with Gasteiger partial charge in [-0.05, 0) is 25.1 Å². The Labute approximate surface area is 119 Å². The highest BCUT2D eigenvalue weighted by Gasteiger charge is 2.23. The first-order valence-corrected chi connectivity index (χ1v) is 6.01. The van der Waals surface area contributed by atoms with Gasteiger partial charge in [0.15, 0.2) is 0 Å². The number of imide groups is 1. The molecule has 7 heteroatoms. The third-order valence-corrected chi connectivity index (χ3v) is 2.71. The number of benzene rings is 1. The molecule has 0 aliphatic rings. The first-order valence-electron chi connectivity index (χ1n) is 6.01. The van der Waals surface area contributed by atoms with Gasteiger partial charge in [-0.25, -0.2) is 4.98 Å². The van der Waals surface area contributed by atoms with Crippen LogP contribution in [-0.4, -0.2) is 21.7 Å². The van der Waals surface area contributed by atoms with E-state index >= 15 is 0 Å². The minimum atomic E-state index is -0.909. The van der Waals surface area contributed by atoms with E-state index in [-0.39, 0.29) is 0 Å². The number of aromatic nitrogens is 1. The molecule has 2 amide bonds. The van der Waals surface area contributed by atoms with Gasteiger partial charge in [-0.15, -0.1) is 0 Å². The Bertz CT molecular complexity index is 728. The number of nitrogens with one attached hydrogen (secondary N) is 1. The van der Waals surface area contributed by atoms with E-state index in [1.54, 1.807) is 18.2 Å². The second kappa shape index (κ2) is 5.91. The maximum Gasteiger partial charge on any atom is 0.300 e. The summed E-state index contributed by atoms with van der Waals surface area (Å²) in [6.45, 7) is 1.81. The van der Waals surface area contributed by atoms with Crippen LogP contribution in [0, 0.1) is 17.0 Å². The van der Waals surface area contributed by atoms with Crippen molar-refractivity contribution < 1.29 is 14.5 Å². The van der Waals surface area contributed by atoms with E-state index in [2.05, 4.69) is 10.3 Å². The zero-order chi connectivity index (χ0) is 15.4. The number of pyridine rings is 1. The Morgan fingerprint density at radius 3 is 2.62 bits per heavy atom. The molecule has 0 bridgehead atoms. The van der Waals surface area contributed by atoms with Crippen LogP contribution in [0.4, 0.5) is 5.69 Å². The molecule has 0 spiro atoms. The Balaban J connectivity index is 2.23.